The summed E-state index contributed by atoms with van der Waals surface area (Å²) in [6.07, 6.45) is 4.58. The number of anilines is 3. The van der Waals surface area contributed by atoms with Crippen LogP contribution in [0.1, 0.15) is 22.5 Å². The molecule has 3 amide bonds. The van der Waals surface area contributed by atoms with Gasteiger partial charge < -0.3 is 25.2 Å². The molecular formula is C25H27N7O5. The molecule has 0 saturated carbocycles. The van der Waals surface area contributed by atoms with Gasteiger partial charge in [-0.1, -0.05) is 6.07 Å². The van der Waals surface area contributed by atoms with Crippen LogP contribution in [0.3, 0.4) is 0 Å². The third-order valence-electron chi connectivity index (χ3n) is 6.20. The van der Waals surface area contributed by atoms with Gasteiger partial charge in [-0.05, 0) is 36.2 Å². The normalized spacial score (nSPS) is 16.6. The highest BCUT2D eigenvalue weighted by atomic mass is 16.5. The molecule has 192 valence electrons. The summed E-state index contributed by atoms with van der Waals surface area (Å²) < 4.78 is 5.45. The van der Waals surface area contributed by atoms with Gasteiger partial charge in [0.15, 0.2) is 5.82 Å². The van der Waals surface area contributed by atoms with E-state index in [4.69, 9.17) is 9.84 Å². The minimum absolute atomic E-state index is 0.0964. The molecule has 2 bridgehead atoms. The van der Waals surface area contributed by atoms with Crippen molar-refractivity contribution in [3.63, 3.8) is 0 Å². The molecule has 0 spiro atoms. The van der Waals surface area contributed by atoms with Gasteiger partial charge in [-0.25, -0.2) is 14.8 Å². The number of carbonyl (C=O) groups excluding carboxylic acids is 2. The lowest BCUT2D eigenvalue weighted by Crippen LogP contribution is -2.48. The first kappa shape index (κ1) is 24.4. The Morgan fingerprint density at radius 1 is 1.22 bits per heavy atom. The number of pyridine rings is 3. The monoisotopic (exact) mass is 505 g/mol. The third-order valence-corrected chi connectivity index (χ3v) is 6.20. The standard InChI is InChI=1S/C25H27N7O5/c33-14-18(34)15-37-19-5-8-27-22(10-19)30-25(36)32-17-6-9-31(13-17)21-4-3-20(29-23(21)32)24(35)28-12-16-2-1-7-26-11-16/h1-5,7-8,10-11,17-18,33-34H,6,9,12-15H2,(H,28,35)(H,27,30,36)/t17-,18+/m0/s1. The SMILES string of the molecule is O=C(NCc1cccnc1)c1ccc2c(n1)N(C(=O)Nc1cc(OC[C@H](O)CO)ccn1)[C@H]1CCN2C1. The van der Waals surface area contributed by atoms with Gasteiger partial charge in [-0.3, -0.25) is 20.0 Å². The van der Waals surface area contributed by atoms with Crippen LogP contribution < -0.4 is 25.2 Å². The van der Waals surface area contributed by atoms with Crippen LogP contribution >= 0.6 is 0 Å². The molecule has 12 heteroatoms. The highest BCUT2D eigenvalue weighted by Crippen LogP contribution is 2.39. The van der Waals surface area contributed by atoms with E-state index >= 15 is 0 Å². The minimum atomic E-state index is -1.01. The third kappa shape index (κ3) is 5.44. The number of nitrogens with zero attached hydrogens (tertiary/aromatic N) is 5. The molecule has 2 atom stereocenters. The number of ether oxygens (including phenoxy) is 1. The number of rotatable bonds is 8. The lowest BCUT2D eigenvalue weighted by molar-refractivity contribution is 0.0536. The van der Waals surface area contributed by atoms with E-state index in [1.807, 2.05) is 12.1 Å². The van der Waals surface area contributed by atoms with Crippen LogP contribution in [0.4, 0.5) is 22.1 Å². The number of hydrogen-bond acceptors (Lipinski definition) is 9. The van der Waals surface area contributed by atoms with Crippen LogP contribution in [0.5, 0.6) is 5.75 Å². The van der Waals surface area contributed by atoms with Crippen molar-refractivity contribution in [2.45, 2.75) is 25.1 Å². The van der Waals surface area contributed by atoms with Gasteiger partial charge in [0.1, 0.15) is 30.0 Å². The largest absolute Gasteiger partial charge is 0.491 e. The number of aliphatic hydroxyl groups excluding tert-OH is 2. The Bertz CT molecular complexity index is 1280. The van der Waals surface area contributed by atoms with E-state index in [9.17, 15) is 14.7 Å². The molecule has 5 rings (SSSR count). The second-order valence-electron chi connectivity index (χ2n) is 8.80. The van der Waals surface area contributed by atoms with Crippen molar-refractivity contribution in [2.24, 2.45) is 0 Å². The summed E-state index contributed by atoms with van der Waals surface area (Å²) in [6, 6.07) is 9.74. The van der Waals surface area contributed by atoms with Gasteiger partial charge in [-0.2, -0.15) is 0 Å². The van der Waals surface area contributed by atoms with Crippen molar-refractivity contribution in [3.8, 4) is 5.75 Å². The lowest BCUT2D eigenvalue weighted by Gasteiger charge is -2.35. The average molecular weight is 506 g/mol. The lowest BCUT2D eigenvalue weighted by atomic mass is 10.1. The summed E-state index contributed by atoms with van der Waals surface area (Å²) in [5.74, 6) is 0.707. The summed E-state index contributed by atoms with van der Waals surface area (Å²) >= 11 is 0. The van der Waals surface area contributed by atoms with E-state index < -0.39 is 18.7 Å². The molecule has 1 saturated heterocycles. The number of carbonyl (C=O) groups is 2. The van der Waals surface area contributed by atoms with Crippen molar-refractivity contribution >= 4 is 29.3 Å². The maximum atomic E-state index is 13.4. The second-order valence-corrected chi connectivity index (χ2v) is 8.80. The number of aliphatic hydroxyl groups is 2. The van der Waals surface area contributed by atoms with Crippen LogP contribution in [0.15, 0.2) is 55.0 Å². The van der Waals surface area contributed by atoms with Crippen molar-refractivity contribution in [2.75, 3.05) is 41.4 Å². The summed E-state index contributed by atoms with van der Waals surface area (Å²) in [4.78, 5) is 42.8. The first-order chi connectivity index (χ1) is 18.0. The fraction of sp³-hybridized carbons (Fsp3) is 0.320. The number of urea groups is 1. The average Bonchev–Trinajstić information content (AvgIpc) is 3.35. The molecule has 1 fully saturated rings. The van der Waals surface area contributed by atoms with Gasteiger partial charge in [0.05, 0.1) is 18.3 Å². The Balaban J connectivity index is 1.33. The molecule has 2 aliphatic heterocycles. The van der Waals surface area contributed by atoms with E-state index in [0.717, 1.165) is 24.2 Å². The predicted molar refractivity (Wildman–Crippen MR) is 135 cm³/mol. The number of amides is 3. The molecule has 2 aliphatic rings. The molecule has 0 aliphatic carbocycles. The van der Waals surface area contributed by atoms with Gasteiger partial charge in [0.25, 0.3) is 5.91 Å². The molecule has 5 heterocycles. The maximum Gasteiger partial charge on any atom is 0.329 e. The zero-order valence-corrected chi connectivity index (χ0v) is 19.9. The van der Waals surface area contributed by atoms with Gasteiger partial charge in [0.2, 0.25) is 0 Å². The number of hydrogen-bond donors (Lipinski definition) is 4. The maximum absolute atomic E-state index is 13.4. The molecule has 3 aromatic heterocycles. The van der Waals surface area contributed by atoms with Crippen molar-refractivity contribution in [3.05, 3.63) is 66.2 Å². The van der Waals surface area contributed by atoms with Crippen LogP contribution in [-0.2, 0) is 6.54 Å². The van der Waals surface area contributed by atoms with Crippen molar-refractivity contribution in [1.29, 1.82) is 0 Å². The predicted octanol–water partition coefficient (Wildman–Crippen LogP) is 1.16. The van der Waals surface area contributed by atoms with Crippen molar-refractivity contribution < 1.29 is 24.5 Å². The minimum Gasteiger partial charge on any atom is -0.491 e. The molecular weight excluding hydrogens is 478 g/mol. The zero-order valence-electron chi connectivity index (χ0n) is 19.9. The first-order valence-corrected chi connectivity index (χ1v) is 11.9. The van der Waals surface area contributed by atoms with E-state index in [1.54, 1.807) is 35.5 Å². The quantitative estimate of drug-likeness (QED) is 0.353. The number of nitrogens with one attached hydrogen (secondary N) is 2. The summed E-state index contributed by atoms with van der Waals surface area (Å²) in [5.41, 5.74) is 1.86. The first-order valence-electron chi connectivity index (χ1n) is 11.9. The molecule has 0 aromatic carbocycles. The summed E-state index contributed by atoms with van der Waals surface area (Å²) in [5, 5.41) is 24.1. The fourth-order valence-electron chi connectivity index (χ4n) is 4.36. The number of aromatic nitrogens is 3. The van der Waals surface area contributed by atoms with Gasteiger partial charge >= 0.3 is 6.03 Å². The van der Waals surface area contributed by atoms with Gasteiger partial charge in [0, 0.05) is 44.3 Å². The van der Waals surface area contributed by atoms with Gasteiger partial charge in [-0.15, -0.1) is 0 Å². The summed E-state index contributed by atoms with van der Waals surface area (Å²) in [6.45, 7) is 1.25. The zero-order chi connectivity index (χ0) is 25.8. The Labute approximate surface area is 212 Å². The van der Waals surface area contributed by atoms with E-state index in [1.165, 1.54) is 12.3 Å². The molecule has 3 aromatic rings. The molecule has 12 nitrogen and oxygen atoms in total. The topological polar surface area (TPSA) is 153 Å². The highest BCUT2D eigenvalue weighted by Gasteiger charge is 2.40. The second kappa shape index (κ2) is 10.8. The van der Waals surface area contributed by atoms with E-state index in [2.05, 4.69) is 30.5 Å². The Morgan fingerprint density at radius 3 is 2.92 bits per heavy atom. The smallest absolute Gasteiger partial charge is 0.329 e. The molecule has 0 unspecified atom stereocenters. The van der Waals surface area contributed by atoms with Crippen LogP contribution in [0.25, 0.3) is 0 Å². The summed E-state index contributed by atoms with van der Waals surface area (Å²) in [7, 11) is 0. The Morgan fingerprint density at radius 2 is 2.11 bits per heavy atom. The van der Waals surface area contributed by atoms with Crippen LogP contribution in [0, 0.1) is 0 Å². The highest BCUT2D eigenvalue weighted by molar-refractivity contribution is 6.05. The van der Waals surface area contributed by atoms with E-state index in [-0.39, 0.29) is 30.1 Å². The van der Waals surface area contributed by atoms with E-state index in [0.29, 0.717) is 24.7 Å². The Kier molecular flexibility index (Phi) is 7.10. The fourth-order valence-corrected chi connectivity index (χ4v) is 4.36. The number of fused-ring (bicyclic) bond motifs is 4. The molecule has 37 heavy (non-hydrogen) atoms. The Hall–Kier alpha value is -4.29. The van der Waals surface area contributed by atoms with Crippen molar-refractivity contribution in [1.82, 2.24) is 20.3 Å². The van der Waals surface area contributed by atoms with Crippen LogP contribution in [0.2, 0.25) is 0 Å². The molecule has 0 radical (unpaired) electrons. The molecule has 4 N–H and O–H groups in total. The van der Waals surface area contributed by atoms with Crippen LogP contribution in [-0.4, -0.2) is 75.6 Å².